The highest BCUT2D eigenvalue weighted by atomic mass is 19.4. The lowest BCUT2D eigenvalue weighted by Gasteiger charge is -2.27. The number of alkyl halides is 3. The third-order valence-corrected chi connectivity index (χ3v) is 1.30. The summed E-state index contributed by atoms with van der Waals surface area (Å²) in [7, 11) is 0. The average molecular weight is 172 g/mol. The molecule has 0 aliphatic heterocycles. The summed E-state index contributed by atoms with van der Waals surface area (Å²) in [6.07, 6.45) is -6.54. The fourth-order valence-corrected chi connectivity index (χ4v) is 0.691. The fourth-order valence-electron chi connectivity index (χ4n) is 0.691. The summed E-state index contributed by atoms with van der Waals surface area (Å²) in [5, 5.41) is 17.3. The van der Waals surface area contributed by atoms with Crippen molar-refractivity contribution in [2.24, 2.45) is 0 Å². The van der Waals surface area contributed by atoms with Gasteiger partial charge in [-0.15, -0.1) is 0 Å². The van der Waals surface area contributed by atoms with E-state index in [4.69, 9.17) is 10.2 Å². The Morgan fingerprint density at radius 1 is 1.36 bits per heavy atom. The highest BCUT2D eigenvalue weighted by Crippen LogP contribution is 2.33. The number of hydrogen-bond acceptors (Lipinski definition) is 2. The molecule has 2 unspecified atom stereocenters. The molecule has 0 radical (unpaired) electrons. The van der Waals surface area contributed by atoms with Crippen LogP contribution >= 0.6 is 0 Å². The second-order valence-electron chi connectivity index (χ2n) is 2.82. The predicted molar refractivity (Wildman–Crippen MR) is 33.0 cm³/mol. The molecule has 0 aromatic rings. The Hall–Kier alpha value is -0.290. The summed E-state index contributed by atoms with van der Waals surface area (Å²) in [4.78, 5) is 0. The lowest BCUT2D eigenvalue weighted by molar-refractivity contribution is -0.260. The van der Waals surface area contributed by atoms with Gasteiger partial charge in [0.15, 0.2) is 5.60 Å². The normalized spacial score (nSPS) is 21.0. The summed E-state index contributed by atoms with van der Waals surface area (Å²) < 4.78 is 35.5. The molecule has 2 N–H and O–H groups in total. The van der Waals surface area contributed by atoms with E-state index in [-0.39, 0.29) is 0 Å². The first-order valence-corrected chi connectivity index (χ1v) is 3.14. The molecule has 68 valence electrons. The zero-order valence-electron chi connectivity index (χ0n) is 6.31. The molecule has 0 saturated heterocycles. The van der Waals surface area contributed by atoms with E-state index in [1.807, 2.05) is 0 Å². The first kappa shape index (κ1) is 10.7. The van der Waals surface area contributed by atoms with Crippen LogP contribution in [0.4, 0.5) is 13.2 Å². The van der Waals surface area contributed by atoms with Gasteiger partial charge < -0.3 is 10.2 Å². The van der Waals surface area contributed by atoms with Crippen molar-refractivity contribution in [2.45, 2.75) is 38.1 Å². The van der Waals surface area contributed by atoms with Gasteiger partial charge in [-0.25, -0.2) is 0 Å². The zero-order valence-corrected chi connectivity index (χ0v) is 6.31. The Morgan fingerprint density at radius 3 is 1.82 bits per heavy atom. The van der Waals surface area contributed by atoms with Crippen molar-refractivity contribution in [3.05, 3.63) is 0 Å². The highest BCUT2D eigenvalue weighted by Gasteiger charge is 2.50. The van der Waals surface area contributed by atoms with E-state index in [1.54, 1.807) is 0 Å². The van der Waals surface area contributed by atoms with Crippen molar-refractivity contribution in [1.82, 2.24) is 0 Å². The maximum Gasteiger partial charge on any atom is 0.416 e. The van der Waals surface area contributed by atoms with E-state index >= 15 is 0 Å². The number of halogens is 3. The minimum atomic E-state index is -4.68. The van der Waals surface area contributed by atoms with Crippen LogP contribution in [-0.2, 0) is 0 Å². The zero-order chi connectivity index (χ0) is 9.28. The smallest absolute Gasteiger partial charge is 0.393 e. The van der Waals surface area contributed by atoms with E-state index in [2.05, 4.69) is 0 Å². The van der Waals surface area contributed by atoms with E-state index in [9.17, 15) is 13.2 Å². The van der Waals surface area contributed by atoms with Gasteiger partial charge in [-0.1, -0.05) is 0 Å². The summed E-state index contributed by atoms with van der Waals surface area (Å²) >= 11 is 0. The Kier molecular flexibility index (Phi) is 2.91. The highest BCUT2D eigenvalue weighted by molar-refractivity contribution is 4.82. The van der Waals surface area contributed by atoms with Crippen LogP contribution in [-0.4, -0.2) is 28.1 Å². The van der Waals surface area contributed by atoms with Crippen LogP contribution in [0, 0.1) is 0 Å². The van der Waals surface area contributed by atoms with Crippen LogP contribution < -0.4 is 0 Å². The molecule has 0 heterocycles. The summed E-state index contributed by atoms with van der Waals surface area (Å²) in [5.41, 5.74) is -2.79. The average Bonchev–Trinajstić information content (AvgIpc) is 1.56. The molecule has 5 heteroatoms. The third kappa shape index (κ3) is 3.07. The number of rotatable bonds is 2. The molecule has 0 aliphatic carbocycles. The maximum absolute atomic E-state index is 11.8. The van der Waals surface area contributed by atoms with Crippen molar-refractivity contribution < 1.29 is 23.4 Å². The quantitative estimate of drug-likeness (QED) is 0.654. The Morgan fingerprint density at radius 2 is 1.73 bits per heavy atom. The van der Waals surface area contributed by atoms with Crippen molar-refractivity contribution in [1.29, 1.82) is 0 Å². The minimum absolute atomic E-state index is 0.639. The lowest BCUT2D eigenvalue weighted by atomic mass is 9.99. The van der Waals surface area contributed by atoms with E-state index in [0.717, 1.165) is 0 Å². The molecule has 0 aromatic carbocycles. The Balaban J connectivity index is 4.22. The van der Waals surface area contributed by atoms with Gasteiger partial charge in [0.05, 0.1) is 6.10 Å². The molecule has 0 amide bonds. The molecule has 0 aromatic heterocycles. The molecule has 0 aliphatic rings. The fraction of sp³-hybridized carbons (Fsp3) is 1.00. The molecule has 11 heavy (non-hydrogen) atoms. The number of hydrogen-bond donors (Lipinski definition) is 2. The van der Waals surface area contributed by atoms with Gasteiger partial charge in [0.1, 0.15) is 0 Å². The van der Waals surface area contributed by atoms with Gasteiger partial charge >= 0.3 is 6.18 Å². The standard InChI is InChI=1S/C6H11F3O2/c1-4(10)3-5(2,11)6(7,8)9/h4,10-11H,3H2,1-2H3. The van der Waals surface area contributed by atoms with Crippen LogP contribution in [0.1, 0.15) is 20.3 Å². The monoisotopic (exact) mass is 172 g/mol. The van der Waals surface area contributed by atoms with Crippen molar-refractivity contribution >= 4 is 0 Å². The van der Waals surface area contributed by atoms with Crippen LogP contribution in [0.2, 0.25) is 0 Å². The van der Waals surface area contributed by atoms with Gasteiger partial charge in [0, 0.05) is 6.42 Å². The summed E-state index contributed by atoms with van der Waals surface area (Å²) in [6.45, 7) is 1.83. The molecular formula is C6H11F3O2. The lowest BCUT2D eigenvalue weighted by Crippen LogP contribution is -2.44. The van der Waals surface area contributed by atoms with E-state index in [0.29, 0.717) is 6.92 Å². The van der Waals surface area contributed by atoms with E-state index < -0.39 is 24.3 Å². The Labute approximate surface area is 62.6 Å². The predicted octanol–water partition coefficient (Wildman–Crippen LogP) is 1.07. The summed E-state index contributed by atoms with van der Waals surface area (Å²) in [6, 6.07) is 0. The minimum Gasteiger partial charge on any atom is -0.393 e. The first-order chi connectivity index (χ1) is 4.67. The second kappa shape index (κ2) is 2.98. The van der Waals surface area contributed by atoms with Crippen molar-refractivity contribution in [3.63, 3.8) is 0 Å². The topological polar surface area (TPSA) is 40.5 Å². The molecule has 0 fully saturated rings. The maximum atomic E-state index is 11.8. The molecule has 0 saturated carbocycles. The van der Waals surface area contributed by atoms with Gasteiger partial charge in [-0.3, -0.25) is 0 Å². The van der Waals surface area contributed by atoms with Crippen LogP contribution in [0.25, 0.3) is 0 Å². The summed E-state index contributed by atoms with van der Waals surface area (Å²) in [5.74, 6) is 0. The van der Waals surface area contributed by atoms with Crippen LogP contribution in [0.15, 0.2) is 0 Å². The molecule has 0 rings (SSSR count). The largest absolute Gasteiger partial charge is 0.416 e. The SMILES string of the molecule is CC(O)CC(C)(O)C(F)(F)F. The van der Waals surface area contributed by atoms with Gasteiger partial charge in [0.2, 0.25) is 0 Å². The molecule has 2 nitrogen and oxygen atoms in total. The van der Waals surface area contributed by atoms with E-state index in [1.165, 1.54) is 6.92 Å². The Bertz CT molecular complexity index is 128. The van der Waals surface area contributed by atoms with Gasteiger partial charge in [-0.2, -0.15) is 13.2 Å². The molecular weight excluding hydrogens is 161 g/mol. The first-order valence-electron chi connectivity index (χ1n) is 3.14. The molecule has 0 spiro atoms. The van der Waals surface area contributed by atoms with Crippen molar-refractivity contribution in [2.75, 3.05) is 0 Å². The van der Waals surface area contributed by atoms with Crippen molar-refractivity contribution in [3.8, 4) is 0 Å². The number of aliphatic hydroxyl groups excluding tert-OH is 1. The molecule has 0 bridgehead atoms. The second-order valence-corrected chi connectivity index (χ2v) is 2.82. The van der Waals surface area contributed by atoms with Gasteiger partial charge in [-0.05, 0) is 13.8 Å². The number of aliphatic hydroxyl groups is 2. The third-order valence-electron chi connectivity index (χ3n) is 1.30. The molecule has 2 atom stereocenters. The van der Waals surface area contributed by atoms with Crippen LogP contribution in [0.5, 0.6) is 0 Å². The van der Waals surface area contributed by atoms with Gasteiger partial charge in [0.25, 0.3) is 0 Å². The van der Waals surface area contributed by atoms with Crippen LogP contribution in [0.3, 0.4) is 0 Å².